The third-order valence-electron chi connectivity index (χ3n) is 20.9. The summed E-state index contributed by atoms with van der Waals surface area (Å²) in [5.41, 5.74) is 47.3. The molecule has 36 N–H and O–H groups in total. The van der Waals surface area contributed by atoms with Crippen molar-refractivity contribution in [3.8, 4) is 0 Å². The molecule has 50 heteroatoms. The predicted molar refractivity (Wildman–Crippen MR) is 480 cm³/mol. The van der Waals surface area contributed by atoms with Gasteiger partial charge in [-0.05, 0) is 113 Å². The number of rotatable bonds is 63. The second-order valence-electron chi connectivity index (χ2n) is 31.9. The first-order chi connectivity index (χ1) is 63.9. The van der Waals surface area contributed by atoms with E-state index in [-0.39, 0.29) is 70.9 Å². The first kappa shape index (κ1) is 113. The third-order valence-corrected chi connectivity index (χ3v) is 20.9. The quantitative estimate of drug-likeness (QED) is 0.0183. The molecule has 0 saturated heterocycles. The Hall–Kier alpha value is -14.7. The maximum Gasteiger partial charge on any atom is 0.322 e. The Morgan fingerprint density at radius 3 is 1.16 bits per heavy atom. The molecule has 16 atom stereocenters. The van der Waals surface area contributed by atoms with Gasteiger partial charge in [0.1, 0.15) is 85.1 Å². The van der Waals surface area contributed by atoms with Crippen LogP contribution in [0.25, 0.3) is 10.9 Å². The summed E-state index contributed by atoms with van der Waals surface area (Å²) in [7, 11) is 0. The van der Waals surface area contributed by atoms with Crippen LogP contribution in [0.2, 0.25) is 0 Å². The van der Waals surface area contributed by atoms with E-state index in [0.717, 1.165) is 30.3 Å². The molecule has 0 spiro atoms. The van der Waals surface area contributed by atoms with Crippen LogP contribution in [0.4, 0.5) is 0 Å². The number of aliphatic carboxylic acids is 1. The van der Waals surface area contributed by atoms with E-state index in [9.17, 15) is 121 Å². The van der Waals surface area contributed by atoms with Gasteiger partial charge in [0.25, 0.3) is 0 Å². The van der Waals surface area contributed by atoms with E-state index in [1.165, 1.54) is 0 Å². The molecule has 0 bridgehead atoms. The number of fused-ring (bicyclic) bond motifs is 1. The number of aromatic nitrogens is 1. The minimum atomic E-state index is -2.06. The van der Waals surface area contributed by atoms with Crippen molar-refractivity contribution in [3.05, 3.63) is 108 Å². The number of H-pyrrole nitrogens is 1. The molecule has 21 amide bonds. The van der Waals surface area contributed by atoms with Crippen LogP contribution in [0.3, 0.4) is 0 Å². The van der Waals surface area contributed by atoms with Crippen LogP contribution >= 0.6 is 0 Å². The highest BCUT2D eigenvalue weighted by atomic mass is 16.4. The molecule has 0 saturated carbocycles. The molecule has 0 fully saturated rings. The van der Waals surface area contributed by atoms with Gasteiger partial charge in [-0.1, -0.05) is 99.1 Å². The van der Waals surface area contributed by atoms with E-state index in [2.05, 4.69) is 90.1 Å². The number of primary amides is 5. The second-order valence-corrected chi connectivity index (χ2v) is 31.9. The molecule has 0 aliphatic carbocycles. The highest BCUT2D eigenvalue weighted by molar-refractivity contribution is 6.02. The van der Waals surface area contributed by atoms with Gasteiger partial charge < -0.3 is 151 Å². The van der Waals surface area contributed by atoms with Gasteiger partial charge in [-0.2, -0.15) is 0 Å². The molecule has 0 aliphatic rings. The zero-order chi connectivity index (χ0) is 101. The first-order valence-corrected chi connectivity index (χ1v) is 43.4. The molecule has 50 nitrogen and oxygen atoms in total. The van der Waals surface area contributed by atoms with Crippen molar-refractivity contribution < 1.29 is 121 Å². The average Bonchev–Trinajstić information content (AvgIpc) is 1.70. The molecule has 1 heterocycles. The number of carboxylic acid groups (broad SMARTS) is 1. The van der Waals surface area contributed by atoms with Gasteiger partial charge >= 0.3 is 5.97 Å². The minimum absolute atomic E-state index is 0.0554. The van der Waals surface area contributed by atoms with Crippen molar-refractivity contribution in [1.29, 1.82) is 0 Å². The van der Waals surface area contributed by atoms with Crippen molar-refractivity contribution in [2.24, 2.45) is 51.8 Å². The Labute approximate surface area is 775 Å². The number of carboxylic acids is 1. The lowest BCUT2D eigenvalue weighted by Gasteiger charge is -2.28. The molecule has 740 valence electrons. The van der Waals surface area contributed by atoms with E-state index in [1.54, 1.807) is 80.7 Å². The Morgan fingerprint density at radius 1 is 0.363 bits per heavy atom. The van der Waals surface area contributed by atoms with Gasteiger partial charge in [0.15, 0.2) is 0 Å². The molecular weight excluding hydrogens is 1770 g/mol. The lowest BCUT2D eigenvalue weighted by atomic mass is 9.96. The lowest BCUT2D eigenvalue weighted by Crippen LogP contribution is -2.62. The smallest absolute Gasteiger partial charge is 0.322 e. The number of nitrogens with two attached hydrogens (primary N) is 8. The largest absolute Gasteiger partial charge is 0.480 e. The van der Waals surface area contributed by atoms with Gasteiger partial charge in [0.2, 0.25) is 124 Å². The zero-order valence-corrected chi connectivity index (χ0v) is 75.1. The monoisotopic (exact) mass is 1900 g/mol. The standard InChI is InChI=1S/C85H125N25O25/c1-5-43(2)70(109-73(123)50(88)34-48-38-94-51-23-13-12-22-49(48)51)84(134)107-60(37-66(93)117)79(129)98-44(3)72(122)95-39-67(118)99-58(35-64(91)115)75(125)96-40-68(119)100-59(36-65(92)116)82(132)110-71(45(4)112)85(135)104-53(25-15-17-31-87)77(127)106-57(33-47-20-10-7-11-21-47)81(131)108-61(42-111)83(133)103-55(27-29-63(90)114)78(128)101-52(24-14-16-30-86)76(126)105-56(32-46-18-8-6-9-19-46)80(130)102-54(26-28-62(89)113)74(124)97-41-69(120)121/h6-13,18-23,38,43-45,50,52-61,70-71,94,111-112H,5,14-17,24-37,39-42,86-88H2,1-4H3,(H2,89,113)(H2,90,114)(H2,91,115)(H2,92,116)(H2,93,117)(H,95,122)(H,96,125)(H,97,124)(H,98,129)(H,99,118)(H,100,119)(H,101,128)(H,102,130)(H,103,133)(H,104,135)(H,105,126)(H,106,127)(H,107,134)(H,108,131)(H,109,123)(H,110,132)(H,120,121)/t43-,44-,45+,50-,52-,53-,54-,55-,56-,57-,58-,59-,60-,61-,70-,71-/m0/s1. The Bertz CT molecular complexity index is 4790. The summed E-state index contributed by atoms with van der Waals surface area (Å²) in [5, 5.41) is 69.0. The number of aromatic amines is 1. The van der Waals surface area contributed by atoms with Crippen LogP contribution in [0.1, 0.15) is 134 Å². The Kier molecular flexibility index (Phi) is 48.6. The summed E-state index contributed by atoms with van der Waals surface area (Å²) in [5.74, 6) is -25.2. The van der Waals surface area contributed by atoms with E-state index < -0.39 is 298 Å². The number of unbranched alkanes of at least 4 members (excludes halogenated alkanes) is 2. The molecule has 1 aromatic heterocycles. The third kappa shape index (κ3) is 40.9. The lowest BCUT2D eigenvalue weighted by molar-refractivity contribution is -0.139. The van der Waals surface area contributed by atoms with Crippen LogP contribution in [0, 0.1) is 5.92 Å². The van der Waals surface area contributed by atoms with Crippen LogP contribution in [0.5, 0.6) is 0 Å². The Balaban J connectivity index is 1.47. The van der Waals surface area contributed by atoms with Crippen LogP contribution in [-0.4, -0.2) is 280 Å². The van der Waals surface area contributed by atoms with Gasteiger partial charge in [0.05, 0.1) is 51.1 Å². The van der Waals surface area contributed by atoms with Crippen LogP contribution < -0.4 is 131 Å². The highest BCUT2D eigenvalue weighted by Crippen LogP contribution is 2.20. The number of aliphatic hydroxyl groups excluding tert-OH is 2. The second kappa shape index (κ2) is 58.3. The van der Waals surface area contributed by atoms with Crippen molar-refractivity contribution in [2.75, 3.05) is 39.3 Å². The molecule has 4 rings (SSSR count). The topological polar surface area (TPSA) is 853 Å². The molecular formula is C85H125N25O25. The van der Waals surface area contributed by atoms with E-state index in [0.29, 0.717) is 17.5 Å². The number of carbonyl (C=O) groups excluding carboxylic acids is 21. The normalized spacial score (nSPS) is 14.6. The number of aliphatic hydroxyl groups is 2. The fourth-order valence-corrected chi connectivity index (χ4v) is 13.4. The molecule has 0 aliphatic heterocycles. The number of para-hydroxylation sites is 1. The van der Waals surface area contributed by atoms with Gasteiger partial charge in [-0.15, -0.1) is 0 Å². The SMILES string of the molecule is CC[C@H](C)[C@H](NC(=O)[C@@H](N)Cc1c[nH]c2ccccc12)C(=O)N[C@@H](CC(N)=O)C(=O)N[C@@H](C)C(=O)NCC(=O)N[C@@H](CC(N)=O)C(=O)NCC(=O)N[C@@H](CC(N)=O)C(=O)N[C@H](C(=O)N[C@@H](CCCCN)C(=O)N[C@@H](Cc1ccccc1)C(=O)N[C@@H](CO)C(=O)N[C@@H](CCC(N)=O)C(=O)N[C@@H](CCCCN)C(=O)N[C@@H](Cc1ccccc1)C(=O)N[C@@H](CCC(N)=O)C(=O)NCC(=O)O)[C@@H](C)O. The fourth-order valence-electron chi connectivity index (χ4n) is 13.4. The number of amides is 21. The van der Waals surface area contributed by atoms with Gasteiger partial charge in [0, 0.05) is 42.8 Å². The van der Waals surface area contributed by atoms with E-state index in [4.69, 9.17) is 45.9 Å². The zero-order valence-electron chi connectivity index (χ0n) is 75.1. The van der Waals surface area contributed by atoms with Crippen molar-refractivity contribution in [2.45, 2.75) is 228 Å². The molecule has 0 unspecified atom stereocenters. The summed E-state index contributed by atoms with van der Waals surface area (Å²) in [6.45, 7) is 1.57. The maximum absolute atomic E-state index is 14.6. The van der Waals surface area contributed by atoms with Crippen molar-refractivity contribution >= 4 is 141 Å². The summed E-state index contributed by atoms with van der Waals surface area (Å²) >= 11 is 0. The van der Waals surface area contributed by atoms with E-state index >= 15 is 0 Å². The first-order valence-electron chi connectivity index (χ1n) is 43.4. The van der Waals surface area contributed by atoms with Gasteiger partial charge in [-0.3, -0.25) is 105 Å². The van der Waals surface area contributed by atoms with E-state index in [1.807, 2.05) is 24.3 Å². The molecule has 135 heavy (non-hydrogen) atoms. The van der Waals surface area contributed by atoms with Crippen LogP contribution in [-0.2, 0) is 125 Å². The van der Waals surface area contributed by atoms with Gasteiger partial charge in [-0.25, -0.2) is 0 Å². The minimum Gasteiger partial charge on any atom is -0.480 e. The number of hydrogen-bond acceptors (Lipinski definition) is 27. The summed E-state index contributed by atoms with van der Waals surface area (Å²) < 4.78 is 0. The van der Waals surface area contributed by atoms with Crippen LogP contribution in [0.15, 0.2) is 91.1 Å². The predicted octanol–water partition coefficient (Wildman–Crippen LogP) is -10.9. The number of carbonyl (C=O) groups is 22. The maximum atomic E-state index is 14.6. The fraction of sp³-hybridized carbons (Fsp3) is 0.506. The molecule has 0 radical (unpaired) electrons. The number of hydrogen-bond donors (Lipinski definition) is 28. The van der Waals surface area contributed by atoms with Crippen molar-refractivity contribution in [3.63, 3.8) is 0 Å². The number of nitrogens with one attached hydrogen (secondary N) is 17. The summed E-state index contributed by atoms with van der Waals surface area (Å²) in [6, 6.07) is -0.217. The number of benzene rings is 3. The molecule has 3 aromatic carbocycles. The molecule has 4 aromatic rings. The summed E-state index contributed by atoms with van der Waals surface area (Å²) in [6.07, 6.45) is -4.80. The highest BCUT2D eigenvalue weighted by Gasteiger charge is 2.40. The average molecular weight is 1900 g/mol. The van der Waals surface area contributed by atoms with Crippen molar-refractivity contribution in [1.82, 2.24) is 90.1 Å². The Morgan fingerprint density at radius 2 is 0.719 bits per heavy atom. The summed E-state index contributed by atoms with van der Waals surface area (Å²) in [4.78, 5) is 298.